The van der Waals surface area contributed by atoms with Crippen molar-refractivity contribution in [3.05, 3.63) is 35.6 Å². The molecule has 1 aromatic carbocycles. The highest BCUT2D eigenvalue weighted by Gasteiger charge is 2.12. The lowest BCUT2D eigenvalue weighted by atomic mass is 10.1. The Balaban J connectivity index is 2.32. The van der Waals surface area contributed by atoms with Gasteiger partial charge in [-0.1, -0.05) is 25.1 Å². The molecule has 0 aliphatic carbocycles. The van der Waals surface area contributed by atoms with E-state index in [9.17, 15) is 13.7 Å². The summed E-state index contributed by atoms with van der Waals surface area (Å²) in [6.07, 6.45) is 1.60. The molecular formula is C13H20FNO2S. The molecule has 2 N–H and O–H groups in total. The molecule has 0 aliphatic heterocycles. The van der Waals surface area contributed by atoms with Crippen molar-refractivity contribution in [1.82, 2.24) is 5.32 Å². The second kappa shape index (κ2) is 7.61. The van der Waals surface area contributed by atoms with Crippen LogP contribution in [0.2, 0.25) is 0 Å². The Morgan fingerprint density at radius 3 is 2.72 bits per heavy atom. The first-order valence-corrected chi connectivity index (χ1v) is 7.60. The second-order valence-electron chi connectivity index (χ2n) is 4.34. The Kier molecular flexibility index (Phi) is 6.46. The van der Waals surface area contributed by atoms with E-state index in [1.165, 1.54) is 6.07 Å². The van der Waals surface area contributed by atoms with Crippen LogP contribution in [0.15, 0.2) is 24.3 Å². The maximum atomic E-state index is 13.4. The van der Waals surface area contributed by atoms with Crippen molar-refractivity contribution in [1.29, 1.82) is 0 Å². The standard InChI is InChI=1S/C13H20FNO2S/c1-10(18(2)17)7-8-15-9-13(16)11-5-3-4-6-12(11)14/h3-6,10,13,15-16H,7-9H2,1-2H3. The van der Waals surface area contributed by atoms with Crippen molar-refractivity contribution in [3.63, 3.8) is 0 Å². The van der Waals surface area contributed by atoms with Crippen LogP contribution < -0.4 is 5.32 Å². The van der Waals surface area contributed by atoms with Crippen LogP contribution in [0.3, 0.4) is 0 Å². The Bertz CT molecular complexity index is 400. The van der Waals surface area contributed by atoms with E-state index in [4.69, 9.17) is 0 Å². The second-order valence-corrected chi connectivity index (χ2v) is 6.14. The molecule has 0 amide bonds. The van der Waals surface area contributed by atoms with Gasteiger partial charge in [0.2, 0.25) is 0 Å². The van der Waals surface area contributed by atoms with Crippen molar-refractivity contribution in [2.45, 2.75) is 24.7 Å². The normalized spacial score (nSPS) is 16.2. The lowest BCUT2D eigenvalue weighted by Crippen LogP contribution is -2.26. The molecule has 0 fully saturated rings. The van der Waals surface area contributed by atoms with Crippen LogP contribution >= 0.6 is 0 Å². The minimum absolute atomic E-state index is 0.128. The van der Waals surface area contributed by atoms with Gasteiger partial charge in [0.25, 0.3) is 0 Å². The molecular weight excluding hydrogens is 253 g/mol. The molecule has 18 heavy (non-hydrogen) atoms. The van der Waals surface area contributed by atoms with Gasteiger partial charge in [-0.2, -0.15) is 0 Å². The molecule has 0 spiro atoms. The van der Waals surface area contributed by atoms with Crippen LogP contribution in [-0.2, 0) is 10.8 Å². The molecule has 0 bridgehead atoms. The van der Waals surface area contributed by atoms with Crippen LogP contribution in [-0.4, -0.2) is 33.9 Å². The zero-order valence-electron chi connectivity index (χ0n) is 10.7. The van der Waals surface area contributed by atoms with Gasteiger partial charge in [0.05, 0.1) is 6.10 Å². The van der Waals surface area contributed by atoms with Gasteiger partial charge < -0.3 is 10.4 Å². The van der Waals surface area contributed by atoms with Crippen molar-refractivity contribution in [2.75, 3.05) is 19.3 Å². The van der Waals surface area contributed by atoms with E-state index in [1.807, 2.05) is 6.92 Å². The maximum absolute atomic E-state index is 13.4. The fourth-order valence-corrected chi connectivity index (χ4v) is 2.02. The van der Waals surface area contributed by atoms with Crippen LogP contribution in [0.25, 0.3) is 0 Å². The van der Waals surface area contributed by atoms with E-state index in [1.54, 1.807) is 24.5 Å². The average molecular weight is 273 g/mol. The molecule has 0 heterocycles. The minimum Gasteiger partial charge on any atom is -0.387 e. The highest BCUT2D eigenvalue weighted by molar-refractivity contribution is 7.84. The van der Waals surface area contributed by atoms with E-state index < -0.39 is 22.7 Å². The van der Waals surface area contributed by atoms with Crippen LogP contribution in [0.5, 0.6) is 0 Å². The third-order valence-corrected chi connectivity index (χ3v) is 4.27. The van der Waals surface area contributed by atoms with Crippen LogP contribution in [0, 0.1) is 5.82 Å². The van der Waals surface area contributed by atoms with Gasteiger partial charge in [-0.3, -0.25) is 4.21 Å². The number of aliphatic hydroxyl groups excluding tert-OH is 1. The van der Waals surface area contributed by atoms with Crippen LogP contribution in [0.1, 0.15) is 25.0 Å². The lowest BCUT2D eigenvalue weighted by Gasteiger charge is -2.14. The zero-order chi connectivity index (χ0) is 13.5. The van der Waals surface area contributed by atoms with Crippen molar-refractivity contribution in [2.24, 2.45) is 0 Å². The Hall–Kier alpha value is -0.780. The summed E-state index contributed by atoms with van der Waals surface area (Å²) < 4.78 is 24.5. The molecule has 5 heteroatoms. The van der Waals surface area contributed by atoms with E-state index in [2.05, 4.69) is 5.32 Å². The van der Waals surface area contributed by atoms with E-state index in [0.717, 1.165) is 6.42 Å². The monoisotopic (exact) mass is 273 g/mol. The summed E-state index contributed by atoms with van der Waals surface area (Å²) in [5.41, 5.74) is 0.303. The van der Waals surface area contributed by atoms with Crippen molar-refractivity contribution < 1.29 is 13.7 Å². The minimum atomic E-state index is -0.853. The van der Waals surface area contributed by atoms with Gasteiger partial charge in [-0.15, -0.1) is 0 Å². The summed E-state index contributed by atoms with van der Waals surface area (Å²) >= 11 is 0. The molecule has 1 rings (SSSR count). The van der Waals surface area contributed by atoms with E-state index in [-0.39, 0.29) is 5.25 Å². The van der Waals surface area contributed by atoms with Gasteiger partial charge in [-0.25, -0.2) is 4.39 Å². The van der Waals surface area contributed by atoms with Crippen molar-refractivity contribution in [3.8, 4) is 0 Å². The molecule has 102 valence electrons. The van der Waals surface area contributed by atoms with Gasteiger partial charge in [0, 0.05) is 34.4 Å². The number of nitrogens with one attached hydrogen (secondary N) is 1. The Morgan fingerprint density at radius 1 is 1.44 bits per heavy atom. The number of hydrogen-bond acceptors (Lipinski definition) is 3. The average Bonchev–Trinajstić information content (AvgIpc) is 2.34. The smallest absolute Gasteiger partial charge is 0.129 e. The fourth-order valence-electron chi connectivity index (χ4n) is 1.57. The first-order chi connectivity index (χ1) is 8.52. The SMILES string of the molecule is CC(CCNCC(O)c1ccccc1F)S(C)=O. The maximum Gasteiger partial charge on any atom is 0.129 e. The number of rotatable bonds is 7. The molecule has 0 saturated carbocycles. The molecule has 1 aromatic rings. The predicted octanol–water partition coefficient (Wildman–Crippen LogP) is 1.61. The zero-order valence-corrected chi connectivity index (χ0v) is 11.5. The summed E-state index contributed by atoms with van der Waals surface area (Å²) in [5, 5.41) is 13.0. The molecule has 3 unspecified atom stereocenters. The third-order valence-electron chi connectivity index (χ3n) is 2.90. The summed E-state index contributed by atoms with van der Waals surface area (Å²) in [7, 11) is -0.827. The van der Waals surface area contributed by atoms with Crippen LogP contribution in [0.4, 0.5) is 4.39 Å². The summed E-state index contributed by atoms with van der Waals surface area (Å²) in [4.78, 5) is 0. The Morgan fingerprint density at radius 2 is 2.11 bits per heavy atom. The molecule has 0 aliphatic rings. The summed E-state index contributed by atoms with van der Waals surface area (Å²) in [5.74, 6) is -0.394. The summed E-state index contributed by atoms with van der Waals surface area (Å²) in [6.45, 7) is 2.88. The summed E-state index contributed by atoms with van der Waals surface area (Å²) in [6, 6.07) is 6.20. The van der Waals surface area contributed by atoms with Gasteiger partial charge in [-0.05, 0) is 19.0 Å². The topological polar surface area (TPSA) is 49.3 Å². The lowest BCUT2D eigenvalue weighted by molar-refractivity contribution is 0.170. The third kappa shape index (κ3) is 4.84. The van der Waals surface area contributed by atoms with E-state index >= 15 is 0 Å². The highest BCUT2D eigenvalue weighted by atomic mass is 32.2. The number of benzene rings is 1. The van der Waals surface area contributed by atoms with Gasteiger partial charge >= 0.3 is 0 Å². The molecule has 3 nitrogen and oxygen atoms in total. The first kappa shape index (κ1) is 15.3. The molecule has 0 saturated heterocycles. The Labute approximate surface area is 110 Å². The van der Waals surface area contributed by atoms with Gasteiger partial charge in [0.15, 0.2) is 0 Å². The fraction of sp³-hybridized carbons (Fsp3) is 0.538. The van der Waals surface area contributed by atoms with Crippen molar-refractivity contribution >= 4 is 10.8 Å². The molecule has 0 radical (unpaired) electrons. The largest absolute Gasteiger partial charge is 0.387 e. The number of halogens is 1. The molecule has 3 atom stereocenters. The number of aliphatic hydroxyl groups is 1. The van der Waals surface area contributed by atoms with E-state index in [0.29, 0.717) is 18.7 Å². The predicted molar refractivity (Wildman–Crippen MR) is 72.4 cm³/mol. The quantitative estimate of drug-likeness (QED) is 0.742. The number of hydrogen-bond donors (Lipinski definition) is 2. The molecule has 0 aromatic heterocycles. The van der Waals surface area contributed by atoms with Gasteiger partial charge in [0.1, 0.15) is 5.82 Å². The first-order valence-electron chi connectivity index (χ1n) is 5.97. The highest BCUT2D eigenvalue weighted by Crippen LogP contribution is 2.15.